The lowest BCUT2D eigenvalue weighted by Gasteiger charge is -2.16. The molecule has 1 aromatic heterocycles. The summed E-state index contributed by atoms with van der Waals surface area (Å²) in [6.07, 6.45) is 3.18. The van der Waals surface area contributed by atoms with Gasteiger partial charge in [-0.25, -0.2) is 9.78 Å². The van der Waals surface area contributed by atoms with Gasteiger partial charge in [0.2, 0.25) is 5.95 Å². The first-order valence-corrected chi connectivity index (χ1v) is 5.50. The van der Waals surface area contributed by atoms with E-state index in [4.69, 9.17) is 0 Å². The van der Waals surface area contributed by atoms with Crippen LogP contribution in [0.3, 0.4) is 0 Å². The van der Waals surface area contributed by atoms with Crippen LogP contribution < -0.4 is 4.72 Å². The Morgan fingerprint density at radius 3 is 2.93 bits per heavy atom. The predicted octanol–water partition coefficient (Wildman–Crippen LogP) is 1.64. The molecule has 1 heterocycles. The number of carbonyl (C=O) groups is 1. The van der Waals surface area contributed by atoms with E-state index in [2.05, 4.69) is 9.71 Å². The molecule has 0 atom stereocenters. The van der Waals surface area contributed by atoms with Crippen molar-refractivity contribution in [3.8, 4) is 0 Å². The van der Waals surface area contributed by atoms with Gasteiger partial charge in [-0.15, -0.1) is 0 Å². The zero-order valence-corrected chi connectivity index (χ0v) is 9.34. The Balaban J connectivity index is 2.54. The van der Waals surface area contributed by atoms with Crippen molar-refractivity contribution in [3.05, 3.63) is 29.8 Å². The topological polar surface area (TPSA) is 45.2 Å². The predicted molar refractivity (Wildman–Crippen MR) is 57.7 cm³/mol. The number of carbonyl (C=O) groups excluding carboxylic acids is 1. The second-order valence-corrected chi connectivity index (χ2v) is 3.57. The molecule has 15 heavy (non-hydrogen) atoms. The van der Waals surface area contributed by atoms with Crippen molar-refractivity contribution in [2.75, 3.05) is 13.3 Å². The van der Waals surface area contributed by atoms with Crippen LogP contribution in [0.1, 0.15) is 5.56 Å². The average Bonchev–Trinajstić information content (AvgIpc) is 2.22. The van der Waals surface area contributed by atoms with Crippen molar-refractivity contribution >= 4 is 18.0 Å². The van der Waals surface area contributed by atoms with Crippen LogP contribution in [-0.4, -0.2) is 29.2 Å². The van der Waals surface area contributed by atoms with E-state index in [1.54, 1.807) is 19.4 Å². The highest BCUT2D eigenvalue weighted by Gasteiger charge is 2.07. The highest BCUT2D eigenvalue weighted by molar-refractivity contribution is 7.97. The van der Waals surface area contributed by atoms with Crippen LogP contribution in [0.25, 0.3) is 0 Å². The molecule has 0 fully saturated rings. The summed E-state index contributed by atoms with van der Waals surface area (Å²) < 4.78 is 15.1. The SMILES string of the molecule is CSNC(=O)N(C)Cc1ccc(F)nc1. The van der Waals surface area contributed by atoms with Crippen LogP contribution in [0.15, 0.2) is 18.3 Å². The van der Waals surface area contributed by atoms with Gasteiger partial charge in [-0.3, -0.25) is 4.72 Å². The van der Waals surface area contributed by atoms with Crippen molar-refractivity contribution in [2.24, 2.45) is 0 Å². The Morgan fingerprint density at radius 1 is 1.67 bits per heavy atom. The van der Waals surface area contributed by atoms with Gasteiger partial charge in [-0.2, -0.15) is 4.39 Å². The molecule has 1 N–H and O–H groups in total. The van der Waals surface area contributed by atoms with E-state index in [0.717, 1.165) is 5.56 Å². The molecule has 0 saturated carbocycles. The fourth-order valence-corrected chi connectivity index (χ4v) is 1.34. The summed E-state index contributed by atoms with van der Waals surface area (Å²) in [6, 6.07) is 2.69. The molecule has 0 unspecified atom stereocenters. The van der Waals surface area contributed by atoms with Gasteiger partial charge in [-0.1, -0.05) is 18.0 Å². The van der Waals surface area contributed by atoms with Crippen molar-refractivity contribution in [1.29, 1.82) is 0 Å². The van der Waals surface area contributed by atoms with E-state index in [9.17, 15) is 9.18 Å². The summed E-state index contributed by atoms with van der Waals surface area (Å²) in [5.74, 6) is -0.519. The Hall–Kier alpha value is -1.30. The first-order chi connectivity index (χ1) is 7.13. The van der Waals surface area contributed by atoms with E-state index in [-0.39, 0.29) is 6.03 Å². The maximum absolute atomic E-state index is 12.5. The summed E-state index contributed by atoms with van der Waals surface area (Å²) in [5, 5.41) is 0. The van der Waals surface area contributed by atoms with Crippen LogP contribution in [0.4, 0.5) is 9.18 Å². The quantitative estimate of drug-likeness (QED) is 0.633. The number of nitrogens with one attached hydrogen (secondary N) is 1. The van der Waals surface area contributed by atoms with E-state index in [1.165, 1.54) is 29.1 Å². The second kappa shape index (κ2) is 5.55. The lowest BCUT2D eigenvalue weighted by atomic mass is 10.3. The first kappa shape index (κ1) is 11.8. The van der Waals surface area contributed by atoms with E-state index in [0.29, 0.717) is 6.54 Å². The first-order valence-electron chi connectivity index (χ1n) is 4.28. The van der Waals surface area contributed by atoms with E-state index < -0.39 is 5.95 Å². The summed E-state index contributed by atoms with van der Waals surface area (Å²) in [7, 11) is 1.66. The number of hydrogen-bond acceptors (Lipinski definition) is 3. The molecule has 0 spiro atoms. The molecule has 0 radical (unpaired) electrons. The highest BCUT2D eigenvalue weighted by atomic mass is 32.2. The lowest BCUT2D eigenvalue weighted by Crippen LogP contribution is -2.32. The molecule has 0 aliphatic heterocycles. The number of aromatic nitrogens is 1. The minimum atomic E-state index is -0.519. The van der Waals surface area contributed by atoms with Gasteiger partial charge >= 0.3 is 6.03 Å². The number of nitrogens with zero attached hydrogens (tertiary/aromatic N) is 2. The van der Waals surface area contributed by atoms with Gasteiger partial charge in [0.05, 0.1) is 0 Å². The Kier molecular flexibility index (Phi) is 4.36. The number of hydrogen-bond donors (Lipinski definition) is 1. The number of pyridine rings is 1. The largest absolute Gasteiger partial charge is 0.327 e. The zero-order valence-electron chi connectivity index (χ0n) is 8.53. The molecule has 4 nitrogen and oxygen atoms in total. The number of amides is 2. The number of halogens is 1. The average molecular weight is 229 g/mol. The Morgan fingerprint density at radius 2 is 2.40 bits per heavy atom. The Bertz CT molecular complexity index is 331. The number of urea groups is 1. The Labute approximate surface area is 92.0 Å². The van der Waals surface area contributed by atoms with Gasteiger partial charge in [0.1, 0.15) is 0 Å². The van der Waals surface area contributed by atoms with Crippen molar-refractivity contribution in [1.82, 2.24) is 14.6 Å². The molecular formula is C9H12FN3OS. The fourth-order valence-electron chi connectivity index (χ4n) is 1.01. The van der Waals surface area contributed by atoms with Crippen molar-refractivity contribution in [3.63, 3.8) is 0 Å². The molecule has 0 aromatic carbocycles. The van der Waals surface area contributed by atoms with E-state index >= 15 is 0 Å². The second-order valence-electron chi connectivity index (χ2n) is 2.96. The molecule has 1 rings (SSSR count). The van der Waals surface area contributed by atoms with Gasteiger partial charge in [-0.05, 0) is 11.6 Å². The third-order valence-corrected chi connectivity index (χ3v) is 2.12. The van der Waals surface area contributed by atoms with Crippen LogP contribution in [-0.2, 0) is 6.54 Å². The summed E-state index contributed by atoms with van der Waals surface area (Å²) in [6.45, 7) is 0.402. The van der Waals surface area contributed by atoms with Gasteiger partial charge in [0, 0.05) is 26.0 Å². The highest BCUT2D eigenvalue weighted by Crippen LogP contribution is 2.03. The summed E-state index contributed by atoms with van der Waals surface area (Å²) in [5.41, 5.74) is 0.787. The zero-order chi connectivity index (χ0) is 11.3. The van der Waals surface area contributed by atoms with Gasteiger partial charge in [0.25, 0.3) is 0 Å². The minimum absolute atomic E-state index is 0.188. The minimum Gasteiger partial charge on any atom is -0.323 e. The van der Waals surface area contributed by atoms with Crippen LogP contribution in [0.5, 0.6) is 0 Å². The molecule has 82 valence electrons. The normalized spacial score (nSPS) is 9.80. The van der Waals surface area contributed by atoms with Crippen molar-refractivity contribution in [2.45, 2.75) is 6.54 Å². The standard InChI is InChI=1S/C9H12FN3OS/c1-13(9(14)12-15-2)6-7-3-4-8(10)11-5-7/h3-5H,6H2,1-2H3,(H,12,14). The lowest BCUT2D eigenvalue weighted by molar-refractivity contribution is 0.213. The maximum atomic E-state index is 12.5. The van der Waals surface area contributed by atoms with Crippen LogP contribution in [0, 0.1) is 5.95 Å². The molecule has 2 amide bonds. The fraction of sp³-hybridized carbons (Fsp3) is 0.333. The van der Waals surface area contributed by atoms with Crippen LogP contribution in [0.2, 0.25) is 0 Å². The molecular weight excluding hydrogens is 217 g/mol. The molecule has 0 aliphatic rings. The van der Waals surface area contributed by atoms with E-state index in [1.807, 2.05) is 0 Å². The third kappa shape index (κ3) is 3.75. The summed E-state index contributed by atoms with van der Waals surface area (Å²) >= 11 is 1.23. The van der Waals surface area contributed by atoms with Crippen LogP contribution >= 0.6 is 11.9 Å². The van der Waals surface area contributed by atoms with Gasteiger partial charge in [0.15, 0.2) is 0 Å². The monoisotopic (exact) mass is 229 g/mol. The molecule has 1 aromatic rings. The third-order valence-electron chi connectivity index (χ3n) is 1.74. The molecule has 0 bridgehead atoms. The van der Waals surface area contributed by atoms with Crippen molar-refractivity contribution < 1.29 is 9.18 Å². The smallest absolute Gasteiger partial charge is 0.323 e. The maximum Gasteiger partial charge on any atom is 0.327 e. The molecule has 6 heteroatoms. The summed E-state index contributed by atoms with van der Waals surface area (Å²) in [4.78, 5) is 16.3. The molecule has 0 aliphatic carbocycles. The molecule has 0 saturated heterocycles. The van der Waals surface area contributed by atoms with Gasteiger partial charge < -0.3 is 4.90 Å². The number of rotatable bonds is 3.